The van der Waals surface area contributed by atoms with Gasteiger partial charge in [0.1, 0.15) is 13.2 Å². The summed E-state index contributed by atoms with van der Waals surface area (Å²) in [5, 5.41) is 10.6. The van der Waals surface area contributed by atoms with Gasteiger partial charge in [-0.1, -0.05) is 90.1 Å². The summed E-state index contributed by atoms with van der Waals surface area (Å²) in [6.07, 6.45) is 2.33. The van der Waals surface area contributed by atoms with Gasteiger partial charge in [-0.15, -0.1) is 0 Å². The highest BCUT2D eigenvalue weighted by atomic mass is 16.5. The number of aliphatic hydroxyl groups is 1. The Morgan fingerprint density at radius 2 is 1.25 bits per heavy atom. The maximum Gasteiger partial charge on any atom is 0.162 e. The zero-order valence-electron chi connectivity index (χ0n) is 25.5. The standard InChI is InChI=1S/C36H47NO3/c1-24-18-30(38)20-32-31-21-34(40-23-26-10-14-29(15-11-26)36(5,6)7)33(19-27(31)16-17-37(24)32)39-22-25-8-12-28(13-9-25)35(2,3)4/h8-15,19,21,24,30,32,38H,16-18,20,22-23H2,1-7H3/t24-,30+,32+/m1/s1. The third-order valence-electron chi connectivity index (χ3n) is 8.71. The first kappa shape index (κ1) is 28.7. The van der Waals surface area contributed by atoms with E-state index in [9.17, 15) is 5.11 Å². The van der Waals surface area contributed by atoms with E-state index in [4.69, 9.17) is 9.47 Å². The smallest absolute Gasteiger partial charge is 0.162 e. The Balaban J connectivity index is 1.41. The van der Waals surface area contributed by atoms with Crippen molar-refractivity contribution >= 4 is 0 Å². The minimum atomic E-state index is -0.264. The Morgan fingerprint density at radius 1 is 0.750 bits per heavy atom. The van der Waals surface area contributed by atoms with Crippen LogP contribution in [0.2, 0.25) is 0 Å². The van der Waals surface area contributed by atoms with Crippen LogP contribution in [-0.2, 0) is 30.5 Å². The Bertz CT molecular complexity index is 1300. The van der Waals surface area contributed by atoms with Crippen LogP contribution < -0.4 is 9.47 Å². The Labute approximate surface area is 241 Å². The first-order valence-electron chi connectivity index (χ1n) is 14.9. The molecule has 0 saturated carbocycles. The van der Waals surface area contributed by atoms with Gasteiger partial charge >= 0.3 is 0 Å². The molecule has 2 aliphatic rings. The van der Waals surface area contributed by atoms with Crippen LogP contribution in [0.3, 0.4) is 0 Å². The van der Waals surface area contributed by atoms with Crippen molar-refractivity contribution < 1.29 is 14.6 Å². The molecule has 4 nitrogen and oxygen atoms in total. The van der Waals surface area contributed by atoms with E-state index in [1.54, 1.807) is 0 Å². The Morgan fingerprint density at radius 3 is 1.75 bits per heavy atom. The van der Waals surface area contributed by atoms with E-state index in [2.05, 4.69) is 114 Å². The molecular formula is C36H47NO3. The molecule has 40 heavy (non-hydrogen) atoms. The van der Waals surface area contributed by atoms with Gasteiger partial charge in [-0.3, -0.25) is 4.90 Å². The molecule has 3 aromatic rings. The van der Waals surface area contributed by atoms with Crippen molar-refractivity contribution in [3.63, 3.8) is 0 Å². The average molecular weight is 542 g/mol. The summed E-state index contributed by atoms with van der Waals surface area (Å²) in [7, 11) is 0. The molecule has 1 fully saturated rings. The summed E-state index contributed by atoms with van der Waals surface area (Å²) >= 11 is 0. The van der Waals surface area contributed by atoms with Crippen LogP contribution in [0.25, 0.3) is 0 Å². The lowest BCUT2D eigenvalue weighted by Crippen LogP contribution is -2.48. The molecule has 2 heterocycles. The van der Waals surface area contributed by atoms with Crippen molar-refractivity contribution in [3.05, 3.63) is 94.0 Å². The lowest BCUT2D eigenvalue weighted by Gasteiger charge is -2.46. The van der Waals surface area contributed by atoms with Crippen LogP contribution in [0, 0.1) is 0 Å². The van der Waals surface area contributed by atoms with E-state index in [0.717, 1.165) is 48.4 Å². The predicted molar refractivity (Wildman–Crippen MR) is 163 cm³/mol. The Hall–Kier alpha value is -2.82. The second-order valence-corrected chi connectivity index (χ2v) is 13.9. The first-order valence-corrected chi connectivity index (χ1v) is 14.9. The number of benzene rings is 3. The van der Waals surface area contributed by atoms with E-state index in [1.807, 2.05) is 0 Å². The van der Waals surface area contributed by atoms with Crippen LogP contribution in [0.1, 0.15) is 101 Å². The highest BCUT2D eigenvalue weighted by Gasteiger charge is 2.37. The van der Waals surface area contributed by atoms with Gasteiger partial charge in [-0.05, 0) is 82.5 Å². The second-order valence-electron chi connectivity index (χ2n) is 13.9. The number of hydrogen-bond donors (Lipinski definition) is 1. The highest BCUT2D eigenvalue weighted by Crippen LogP contribution is 2.44. The van der Waals surface area contributed by atoms with Crippen molar-refractivity contribution in [2.45, 2.75) is 110 Å². The van der Waals surface area contributed by atoms with Gasteiger partial charge < -0.3 is 14.6 Å². The van der Waals surface area contributed by atoms with Crippen LogP contribution in [0.4, 0.5) is 0 Å². The highest BCUT2D eigenvalue weighted by molar-refractivity contribution is 5.50. The molecule has 214 valence electrons. The van der Waals surface area contributed by atoms with Gasteiger partial charge in [0.25, 0.3) is 0 Å². The molecule has 3 atom stereocenters. The molecule has 0 spiro atoms. The van der Waals surface area contributed by atoms with E-state index in [0.29, 0.717) is 19.3 Å². The fourth-order valence-corrected chi connectivity index (χ4v) is 6.15. The molecule has 3 aromatic carbocycles. The van der Waals surface area contributed by atoms with Crippen LogP contribution >= 0.6 is 0 Å². The van der Waals surface area contributed by atoms with E-state index in [-0.39, 0.29) is 23.0 Å². The van der Waals surface area contributed by atoms with Crippen molar-refractivity contribution in [1.82, 2.24) is 4.90 Å². The number of aliphatic hydroxyl groups excluding tert-OH is 1. The van der Waals surface area contributed by atoms with Crippen LogP contribution in [-0.4, -0.2) is 28.7 Å². The lowest BCUT2D eigenvalue weighted by atomic mass is 9.83. The van der Waals surface area contributed by atoms with Gasteiger partial charge in [0, 0.05) is 18.6 Å². The SMILES string of the molecule is C[C@@H]1C[C@H](O)C[C@H]2c3cc(OCc4ccc(C(C)(C)C)cc4)c(OCc4ccc(C(C)(C)C)cc4)cc3CCN12. The summed E-state index contributed by atoms with van der Waals surface area (Å²) in [4.78, 5) is 2.56. The molecule has 1 N–H and O–H groups in total. The third kappa shape index (κ3) is 6.39. The first-order chi connectivity index (χ1) is 18.9. The Kier molecular flexibility index (Phi) is 8.05. The predicted octanol–water partition coefficient (Wildman–Crippen LogP) is 7.88. The molecule has 0 unspecified atom stereocenters. The van der Waals surface area contributed by atoms with Crippen molar-refractivity contribution in [1.29, 1.82) is 0 Å². The lowest BCUT2D eigenvalue weighted by molar-refractivity contribution is 0.000925. The van der Waals surface area contributed by atoms with E-state index >= 15 is 0 Å². The summed E-state index contributed by atoms with van der Waals surface area (Å²) in [6.45, 7) is 17.6. The zero-order chi connectivity index (χ0) is 28.7. The zero-order valence-corrected chi connectivity index (χ0v) is 25.5. The monoisotopic (exact) mass is 541 g/mol. The van der Waals surface area contributed by atoms with Gasteiger partial charge in [0.2, 0.25) is 0 Å². The molecule has 0 radical (unpaired) electrons. The number of hydrogen-bond acceptors (Lipinski definition) is 4. The quantitative estimate of drug-likeness (QED) is 0.345. The maximum atomic E-state index is 10.6. The van der Waals surface area contributed by atoms with Crippen LogP contribution in [0.15, 0.2) is 60.7 Å². The topological polar surface area (TPSA) is 41.9 Å². The maximum absolute atomic E-state index is 10.6. The van der Waals surface area contributed by atoms with Crippen molar-refractivity contribution in [3.8, 4) is 11.5 Å². The molecule has 2 aliphatic heterocycles. The number of ether oxygens (including phenoxy) is 2. The summed E-state index contributed by atoms with van der Waals surface area (Å²) in [5.41, 5.74) is 7.75. The molecule has 5 rings (SSSR count). The van der Waals surface area contributed by atoms with Gasteiger partial charge in [0.05, 0.1) is 6.10 Å². The largest absolute Gasteiger partial charge is 0.485 e. The summed E-state index contributed by atoms with van der Waals surface area (Å²) < 4.78 is 13.0. The van der Waals surface area contributed by atoms with Crippen molar-refractivity contribution in [2.75, 3.05) is 6.54 Å². The molecule has 0 aromatic heterocycles. The molecule has 4 heteroatoms. The van der Waals surface area contributed by atoms with Crippen molar-refractivity contribution in [2.24, 2.45) is 0 Å². The number of rotatable bonds is 6. The fraction of sp³-hybridized carbons (Fsp3) is 0.500. The van der Waals surface area contributed by atoms with Gasteiger partial charge in [-0.25, -0.2) is 0 Å². The minimum absolute atomic E-state index is 0.123. The van der Waals surface area contributed by atoms with E-state index < -0.39 is 0 Å². The molecule has 0 amide bonds. The molecule has 0 bridgehead atoms. The van der Waals surface area contributed by atoms with Crippen LogP contribution in [0.5, 0.6) is 11.5 Å². The number of nitrogens with zero attached hydrogens (tertiary/aromatic N) is 1. The summed E-state index contributed by atoms with van der Waals surface area (Å²) in [5.74, 6) is 1.57. The number of fused-ring (bicyclic) bond motifs is 3. The third-order valence-corrected chi connectivity index (χ3v) is 8.71. The van der Waals surface area contributed by atoms with E-state index in [1.165, 1.54) is 22.3 Å². The second kappa shape index (κ2) is 11.2. The normalized spacial score (nSPS) is 21.4. The summed E-state index contributed by atoms with van der Waals surface area (Å²) in [6, 6.07) is 22.4. The minimum Gasteiger partial charge on any atom is -0.485 e. The fourth-order valence-electron chi connectivity index (χ4n) is 6.15. The average Bonchev–Trinajstić information content (AvgIpc) is 2.90. The van der Waals surface area contributed by atoms with Gasteiger partial charge in [-0.2, -0.15) is 0 Å². The molecular weight excluding hydrogens is 494 g/mol. The number of piperidine rings is 1. The molecule has 1 saturated heterocycles. The van der Waals surface area contributed by atoms with Gasteiger partial charge in [0.15, 0.2) is 11.5 Å². The molecule has 0 aliphatic carbocycles.